The molecule has 118 valence electrons. The number of phenols is 2. The van der Waals surface area contributed by atoms with Gasteiger partial charge in [0.2, 0.25) is 0 Å². The zero-order valence-corrected chi connectivity index (χ0v) is 14.0. The molecule has 0 bridgehead atoms. The van der Waals surface area contributed by atoms with Crippen LogP contribution in [0, 0.1) is 13.8 Å². The molecule has 0 spiro atoms. The number of rotatable bonds is 5. The van der Waals surface area contributed by atoms with E-state index in [2.05, 4.69) is 26.0 Å². The van der Waals surface area contributed by atoms with Crippen molar-refractivity contribution >= 4 is 0 Å². The summed E-state index contributed by atoms with van der Waals surface area (Å²) in [6.45, 7) is 8.31. The SMILES string of the molecule is CCCCC(C)(c1ccc(O)c(C)c1)c1ccc(O)c(C)c1. The molecule has 2 N–H and O–H groups in total. The number of aromatic hydroxyl groups is 2. The first-order valence-corrected chi connectivity index (χ1v) is 7.98. The van der Waals surface area contributed by atoms with E-state index >= 15 is 0 Å². The fourth-order valence-corrected chi connectivity index (χ4v) is 2.98. The van der Waals surface area contributed by atoms with Gasteiger partial charge in [0, 0.05) is 5.41 Å². The van der Waals surface area contributed by atoms with Gasteiger partial charge in [0.05, 0.1) is 0 Å². The minimum atomic E-state index is -0.118. The monoisotopic (exact) mass is 298 g/mol. The predicted octanol–water partition coefficient (Wildman–Crippen LogP) is 5.21. The van der Waals surface area contributed by atoms with Gasteiger partial charge in [-0.25, -0.2) is 0 Å². The first-order valence-electron chi connectivity index (χ1n) is 7.98. The molecule has 0 aromatic heterocycles. The van der Waals surface area contributed by atoms with E-state index in [0.29, 0.717) is 11.5 Å². The van der Waals surface area contributed by atoms with Crippen LogP contribution in [0.2, 0.25) is 0 Å². The number of hydrogen-bond acceptors (Lipinski definition) is 2. The smallest absolute Gasteiger partial charge is 0.118 e. The lowest BCUT2D eigenvalue weighted by Crippen LogP contribution is -2.24. The van der Waals surface area contributed by atoms with Gasteiger partial charge in [-0.3, -0.25) is 0 Å². The lowest BCUT2D eigenvalue weighted by molar-refractivity contribution is 0.462. The molecule has 0 atom stereocenters. The van der Waals surface area contributed by atoms with Crippen LogP contribution in [0.1, 0.15) is 55.4 Å². The second-order valence-corrected chi connectivity index (χ2v) is 6.44. The molecule has 0 radical (unpaired) electrons. The summed E-state index contributed by atoms with van der Waals surface area (Å²) in [5.74, 6) is 0.673. The number of benzene rings is 2. The average Bonchev–Trinajstić information content (AvgIpc) is 2.50. The van der Waals surface area contributed by atoms with Crippen molar-refractivity contribution < 1.29 is 10.2 Å². The summed E-state index contributed by atoms with van der Waals surface area (Å²) in [6, 6.07) is 11.7. The third-order valence-corrected chi connectivity index (χ3v) is 4.70. The summed E-state index contributed by atoms with van der Waals surface area (Å²) < 4.78 is 0. The van der Waals surface area contributed by atoms with Crippen LogP contribution in [-0.4, -0.2) is 10.2 Å². The fraction of sp³-hybridized carbons (Fsp3) is 0.400. The Morgan fingerprint density at radius 3 is 1.68 bits per heavy atom. The van der Waals surface area contributed by atoms with E-state index in [-0.39, 0.29) is 5.41 Å². The van der Waals surface area contributed by atoms with Gasteiger partial charge in [-0.15, -0.1) is 0 Å². The van der Waals surface area contributed by atoms with Crippen molar-refractivity contribution in [1.82, 2.24) is 0 Å². The van der Waals surface area contributed by atoms with Gasteiger partial charge in [-0.2, -0.15) is 0 Å². The van der Waals surface area contributed by atoms with Crippen molar-refractivity contribution in [3.05, 3.63) is 58.7 Å². The molecule has 0 saturated carbocycles. The fourth-order valence-electron chi connectivity index (χ4n) is 2.98. The van der Waals surface area contributed by atoms with Gasteiger partial charge < -0.3 is 10.2 Å². The Kier molecular flexibility index (Phi) is 4.80. The highest BCUT2D eigenvalue weighted by molar-refractivity contribution is 5.46. The third-order valence-electron chi connectivity index (χ3n) is 4.70. The minimum Gasteiger partial charge on any atom is -0.508 e. The Hall–Kier alpha value is -1.96. The van der Waals surface area contributed by atoms with Crippen LogP contribution in [0.4, 0.5) is 0 Å². The Bertz CT molecular complexity index is 607. The zero-order valence-electron chi connectivity index (χ0n) is 14.0. The standard InChI is InChI=1S/C20H26O2/c1-5-6-11-20(4,16-7-9-18(21)14(2)12-16)17-8-10-19(22)15(3)13-17/h7-10,12-13,21-22H,5-6,11H2,1-4H3. The van der Waals surface area contributed by atoms with Crippen LogP contribution < -0.4 is 0 Å². The van der Waals surface area contributed by atoms with Crippen molar-refractivity contribution in [3.63, 3.8) is 0 Å². The van der Waals surface area contributed by atoms with Crippen LogP contribution in [0.25, 0.3) is 0 Å². The molecule has 0 saturated heterocycles. The molecule has 0 unspecified atom stereocenters. The number of unbranched alkanes of at least 4 members (excludes halogenated alkanes) is 1. The van der Waals surface area contributed by atoms with Gasteiger partial charge in [-0.1, -0.05) is 51.0 Å². The van der Waals surface area contributed by atoms with Crippen LogP contribution in [0.15, 0.2) is 36.4 Å². The zero-order chi connectivity index (χ0) is 16.3. The molecule has 22 heavy (non-hydrogen) atoms. The molecular formula is C20H26O2. The molecule has 0 aliphatic heterocycles. The van der Waals surface area contributed by atoms with Gasteiger partial charge >= 0.3 is 0 Å². The maximum absolute atomic E-state index is 9.80. The van der Waals surface area contributed by atoms with E-state index in [9.17, 15) is 10.2 Å². The number of hydrogen-bond donors (Lipinski definition) is 2. The van der Waals surface area contributed by atoms with Crippen LogP contribution in [-0.2, 0) is 5.41 Å². The van der Waals surface area contributed by atoms with Crippen molar-refractivity contribution in [2.75, 3.05) is 0 Å². The molecule has 0 aliphatic rings. The first-order chi connectivity index (χ1) is 10.4. The Morgan fingerprint density at radius 2 is 1.32 bits per heavy atom. The topological polar surface area (TPSA) is 40.5 Å². The molecule has 0 amide bonds. The maximum Gasteiger partial charge on any atom is 0.118 e. The van der Waals surface area contributed by atoms with Crippen molar-refractivity contribution in [2.45, 2.75) is 52.4 Å². The van der Waals surface area contributed by atoms with Crippen molar-refractivity contribution in [3.8, 4) is 11.5 Å². The molecule has 2 heteroatoms. The second-order valence-electron chi connectivity index (χ2n) is 6.44. The normalized spacial score (nSPS) is 11.6. The Balaban J connectivity index is 2.55. The van der Waals surface area contributed by atoms with E-state index in [1.54, 1.807) is 12.1 Å². The van der Waals surface area contributed by atoms with Crippen LogP contribution in [0.3, 0.4) is 0 Å². The van der Waals surface area contributed by atoms with E-state index in [1.165, 1.54) is 11.1 Å². The molecule has 2 rings (SSSR count). The highest BCUT2D eigenvalue weighted by Gasteiger charge is 2.29. The predicted molar refractivity (Wildman–Crippen MR) is 91.7 cm³/mol. The summed E-state index contributed by atoms with van der Waals surface area (Å²) in [7, 11) is 0. The highest BCUT2D eigenvalue weighted by Crippen LogP contribution is 2.39. The molecule has 0 fully saturated rings. The third kappa shape index (κ3) is 3.11. The molecule has 2 aromatic carbocycles. The molecule has 0 aliphatic carbocycles. The lowest BCUT2D eigenvalue weighted by Gasteiger charge is -2.32. The van der Waals surface area contributed by atoms with E-state index < -0.39 is 0 Å². The first kappa shape index (κ1) is 16.4. The Labute approximate surface area is 133 Å². The quantitative estimate of drug-likeness (QED) is 0.795. The second kappa shape index (κ2) is 6.43. The van der Waals surface area contributed by atoms with E-state index in [0.717, 1.165) is 30.4 Å². The summed E-state index contributed by atoms with van der Waals surface area (Å²) >= 11 is 0. The number of phenolic OH excluding ortho intramolecular Hbond substituents is 2. The largest absolute Gasteiger partial charge is 0.508 e. The van der Waals surface area contributed by atoms with Crippen molar-refractivity contribution in [1.29, 1.82) is 0 Å². The average molecular weight is 298 g/mol. The number of aryl methyl sites for hydroxylation is 2. The molecule has 2 aromatic rings. The molecular weight excluding hydrogens is 272 g/mol. The summed E-state index contributed by atoms with van der Waals surface area (Å²) in [6.07, 6.45) is 3.32. The van der Waals surface area contributed by atoms with Crippen molar-refractivity contribution in [2.24, 2.45) is 0 Å². The summed E-state index contributed by atoms with van der Waals surface area (Å²) in [5.41, 5.74) is 4.10. The maximum atomic E-state index is 9.80. The lowest BCUT2D eigenvalue weighted by atomic mass is 9.72. The molecule has 0 heterocycles. The highest BCUT2D eigenvalue weighted by atomic mass is 16.3. The summed E-state index contributed by atoms with van der Waals surface area (Å²) in [5, 5.41) is 19.6. The van der Waals surface area contributed by atoms with Gasteiger partial charge in [0.25, 0.3) is 0 Å². The summed E-state index contributed by atoms with van der Waals surface area (Å²) in [4.78, 5) is 0. The minimum absolute atomic E-state index is 0.118. The van der Waals surface area contributed by atoms with Crippen LogP contribution in [0.5, 0.6) is 11.5 Å². The van der Waals surface area contributed by atoms with Gasteiger partial charge in [0.15, 0.2) is 0 Å². The van der Waals surface area contributed by atoms with Gasteiger partial charge in [0.1, 0.15) is 11.5 Å². The van der Waals surface area contributed by atoms with Gasteiger partial charge in [-0.05, 0) is 54.7 Å². The Morgan fingerprint density at radius 1 is 0.864 bits per heavy atom. The molecule has 2 nitrogen and oxygen atoms in total. The van der Waals surface area contributed by atoms with Crippen LogP contribution >= 0.6 is 0 Å². The van der Waals surface area contributed by atoms with E-state index in [4.69, 9.17) is 0 Å². The van der Waals surface area contributed by atoms with E-state index in [1.807, 2.05) is 26.0 Å².